The zero-order chi connectivity index (χ0) is 6.69. The minimum Gasteiger partial charge on any atom is -0.372 e. The minimum atomic E-state index is 1.12. The summed E-state index contributed by atoms with van der Waals surface area (Å²) < 4.78 is 0. The van der Waals surface area contributed by atoms with Crippen LogP contribution in [0.3, 0.4) is 0 Å². The van der Waals surface area contributed by atoms with Crippen molar-refractivity contribution in [1.82, 2.24) is 10.6 Å². The lowest BCUT2D eigenvalue weighted by molar-refractivity contribution is 0.566. The molecular weight excluding hydrogens is 112 g/mol. The monoisotopic (exact) mass is 126 g/mol. The van der Waals surface area contributed by atoms with Crippen molar-refractivity contribution in [3.63, 3.8) is 0 Å². The second-order valence-electron chi connectivity index (χ2n) is 2.58. The molecule has 1 saturated heterocycles. The predicted molar refractivity (Wildman–Crippen MR) is 39.0 cm³/mol. The first-order chi connectivity index (χ1) is 4.30. The molecule has 0 bridgehead atoms. The van der Waals surface area contributed by atoms with E-state index < -0.39 is 0 Å². The quantitative estimate of drug-likeness (QED) is 0.502. The minimum absolute atomic E-state index is 1.12. The Labute approximate surface area is 56.3 Å². The molecule has 2 nitrogen and oxygen atoms in total. The van der Waals surface area contributed by atoms with Gasteiger partial charge in [0.25, 0.3) is 0 Å². The third-order valence-corrected chi connectivity index (χ3v) is 1.46. The number of hydrogen-bond donors (Lipinski definition) is 2. The van der Waals surface area contributed by atoms with E-state index in [1.165, 1.54) is 17.8 Å². The summed E-state index contributed by atoms with van der Waals surface area (Å²) >= 11 is 0. The van der Waals surface area contributed by atoms with Crippen molar-refractivity contribution in [2.75, 3.05) is 13.1 Å². The summed E-state index contributed by atoms with van der Waals surface area (Å²) in [5, 5.41) is 6.57. The van der Waals surface area contributed by atoms with E-state index in [4.69, 9.17) is 0 Å². The van der Waals surface area contributed by atoms with Gasteiger partial charge in [-0.15, -0.1) is 0 Å². The topological polar surface area (TPSA) is 24.1 Å². The molecule has 0 saturated carbocycles. The molecule has 0 spiro atoms. The van der Waals surface area contributed by atoms with Crippen molar-refractivity contribution in [3.8, 4) is 0 Å². The molecule has 0 aromatic rings. The lowest BCUT2D eigenvalue weighted by Gasteiger charge is -2.20. The van der Waals surface area contributed by atoms with Crippen molar-refractivity contribution in [2.45, 2.75) is 20.3 Å². The van der Waals surface area contributed by atoms with Crippen molar-refractivity contribution in [1.29, 1.82) is 0 Å². The van der Waals surface area contributed by atoms with Gasteiger partial charge < -0.3 is 10.6 Å². The highest BCUT2D eigenvalue weighted by atomic mass is 15.1. The summed E-state index contributed by atoms with van der Waals surface area (Å²) in [7, 11) is 0. The molecule has 0 atom stereocenters. The predicted octanol–water partition coefficient (Wildman–Crippen LogP) is 0.821. The molecule has 1 fully saturated rings. The van der Waals surface area contributed by atoms with Crippen LogP contribution in [0.5, 0.6) is 0 Å². The standard InChI is InChI=1S/C7H14N2/c1-6(2)7-8-4-3-5-9-7/h8-9H,3-5H2,1-2H3. The Morgan fingerprint density at radius 1 is 1.22 bits per heavy atom. The van der Waals surface area contributed by atoms with E-state index in [-0.39, 0.29) is 0 Å². The lowest BCUT2D eigenvalue weighted by Crippen LogP contribution is -2.35. The fraction of sp³-hybridized carbons (Fsp3) is 0.714. The van der Waals surface area contributed by atoms with Crippen molar-refractivity contribution < 1.29 is 0 Å². The van der Waals surface area contributed by atoms with Crippen LogP contribution in [0.15, 0.2) is 11.4 Å². The zero-order valence-corrected chi connectivity index (χ0v) is 6.12. The van der Waals surface area contributed by atoms with Gasteiger partial charge in [0.15, 0.2) is 0 Å². The summed E-state index contributed by atoms with van der Waals surface area (Å²) in [6, 6.07) is 0. The highest BCUT2D eigenvalue weighted by Crippen LogP contribution is 1.98. The highest BCUT2D eigenvalue weighted by molar-refractivity contribution is 5.06. The highest BCUT2D eigenvalue weighted by Gasteiger charge is 2.01. The molecule has 0 amide bonds. The molecule has 0 radical (unpaired) electrons. The first kappa shape index (κ1) is 6.46. The van der Waals surface area contributed by atoms with Crippen LogP contribution in [0.2, 0.25) is 0 Å². The molecule has 2 N–H and O–H groups in total. The van der Waals surface area contributed by atoms with E-state index in [1.54, 1.807) is 0 Å². The SMILES string of the molecule is CC(C)=C1NCCCN1. The third-order valence-electron chi connectivity index (χ3n) is 1.46. The maximum atomic E-state index is 3.29. The van der Waals surface area contributed by atoms with Crippen molar-refractivity contribution in [3.05, 3.63) is 11.4 Å². The van der Waals surface area contributed by atoms with Crippen LogP contribution in [-0.2, 0) is 0 Å². The van der Waals surface area contributed by atoms with Gasteiger partial charge in [0, 0.05) is 13.1 Å². The second-order valence-corrected chi connectivity index (χ2v) is 2.58. The van der Waals surface area contributed by atoms with E-state index in [1.807, 2.05) is 0 Å². The molecule has 1 aliphatic heterocycles. The number of allylic oxidation sites excluding steroid dienone is 1. The van der Waals surface area contributed by atoms with Crippen molar-refractivity contribution in [2.24, 2.45) is 0 Å². The largest absolute Gasteiger partial charge is 0.372 e. The molecule has 0 aliphatic carbocycles. The van der Waals surface area contributed by atoms with Crippen LogP contribution in [0.1, 0.15) is 20.3 Å². The Morgan fingerprint density at radius 3 is 2.11 bits per heavy atom. The van der Waals surface area contributed by atoms with Gasteiger partial charge in [-0.3, -0.25) is 0 Å². The number of rotatable bonds is 0. The average molecular weight is 126 g/mol. The van der Waals surface area contributed by atoms with Crippen LogP contribution >= 0.6 is 0 Å². The molecule has 0 unspecified atom stereocenters. The third kappa shape index (κ3) is 1.63. The van der Waals surface area contributed by atoms with Gasteiger partial charge in [-0.25, -0.2) is 0 Å². The summed E-state index contributed by atoms with van der Waals surface area (Å²) in [5.74, 6) is 1.22. The molecule has 1 heterocycles. The Morgan fingerprint density at radius 2 is 1.78 bits per heavy atom. The Bertz CT molecular complexity index is 115. The molecule has 0 aromatic carbocycles. The number of nitrogens with one attached hydrogen (secondary N) is 2. The zero-order valence-electron chi connectivity index (χ0n) is 6.12. The summed E-state index contributed by atoms with van der Waals surface area (Å²) in [5.41, 5.74) is 1.34. The molecule has 2 heteroatoms. The maximum Gasteiger partial charge on any atom is 0.0972 e. The Kier molecular flexibility index (Phi) is 1.98. The Hall–Kier alpha value is -0.660. The molecule has 52 valence electrons. The van der Waals surface area contributed by atoms with Gasteiger partial charge in [-0.1, -0.05) is 0 Å². The molecule has 0 aromatic heterocycles. The average Bonchev–Trinajstić information content (AvgIpc) is 1.90. The molecule has 1 rings (SSSR count). The number of hydrogen-bond acceptors (Lipinski definition) is 2. The van der Waals surface area contributed by atoms with Crippen LogP contribution in [0.25, 0.3) is 0 Å². The van der Waals surface area contributed by atoms with Crippen LogP contribution < -0.4 is 10.6 Å². The van der Waals surface area contributed by atoms with E-state index in [9.17, 15) is 0 Å². The second kappa shape index (κ2) is 2.76. The summed E-state index contributed by atoms with van der Waals surface area (Å²) in [6.07, 6.45) is 1.23. The fourth-order valence-corrected chi connectivity index (χ4v) is 0.931. The van der Waals surface area contributed by atoms with Gasteiger partial charge in [0.2, 0.25) is 0 Å². The van der Waals surface area contributed by atoms with Gasteiger partial charge >= 0.3 is 0 Å². The van der Waals surface area contributed by atoms with E-state index in [2.05, 4.69) is 24.5 Å². The van der Waals surface area contributed by atoms with E-state index in [0.29, 0.717) is 0 Å². The van der Waals surface area contributed by atoms with Crippen LogP contribution in [0, 0.1) is 0 Å². The normalized spacial score (nSPS) is 18.2. The molecular formula is C7H14N2. The van der Waals surface area contributed by atoms with Crippen LogP contribution in [0.4, 0.5) is 0 Å². The smallest absolute Gasteiger partial charge is 0.0972 e. The van der Waals surface area contributed by atoms with Gasteiger partial charge in [0.1, 0.15) is 0 Å². The summed E-state index contributed by atoms with van der Waals surface area (Å²) in [6.45, 7) is 6.46. The van der Waals surface area contributed by atoms with E-state index >= 15 is 0 Å². The maximum absolute atomic E-state index is 3.29. The van der Waals surface area contributed by atoms with Crippen LogP contribution in [-0.4, -0.2) is 13.1 Å². The molecule has 1 aliphatic rings. The van der Waals surface area contributed by atoms with Gasteiger partial charge in [-0.05, 0) is 25.8 Å². The van der Waals surface area contributed by atoms with Gasteiger partial charge in [-0.2, -0.15) is 0 Å². The summed E-state index contributed by atoms with van der Waals surface area (Å²) in [4.78, 5) is 0. The first-order valence-corrected chi connectivity index (χ1v) is 3.46. The Balaban J connectivity index is 2.49. The van der Waals surface area contributed by atoms with Gasteiger partial charge in [0.05, 0.1) is 5.82 Å². The fourth-order valence-electron chi connectivity index (χ4n) is 0.931. The van der Waals surface area contributed by atoms with Crippen molar-refractivity contribution >= 4 is 0 Å². The lowest BCUT2D eigenvalue weighted by atomic mass is 10.3. The van der Waals surface area contributed by atoms with E-state index in [0.717, 1.165) is 13.1 Å². The first-order valence-electron chi connectivity index (χ1n) is 3.46. The molecule has 9 heavy (non-hydrogen) atoms.